The molecule has 0 aliphatic carbocycles. The van der Waals surface area contributed by atoms with Crippen molar-refractivity contribution in [3.05, 3.63) is 29.8 Å². The van der Waals surface area contributed by atoms with Crippen molar-refractivity contribution in [2.75, 3.05) is 5.32 Å². The second-order valence-corrected chi connectivity index (χ2v) is 5.52. The highest BCUT2D eigenvalue weighted by Crippen LogP contribution is 2.11. The molecule has 0 spiro atoms. The van der Waals surface area contributed by atoms with Gasteiger partial charge < -0.3 is 16.0 Å². The van der Waals surface area contributed by atoms with E-state index in [0.29, 0.717) is 12.2 Å². The van der Waals surface area contributed by atoms with E-state index >= 15 is 0 Å². The van der Waals surface area contributed by atoms with Gasteiger partial charge in [0.1, 0.15) is 6.04 Å². The van der Waals surface area contributed by atoms with Crippen molar-refractivity contribution in [2.24, 2.45) is 5.92 Å². The van der Waals surface area contributed by atoms with E-state index in [2.05, 4.69) is 16.0 Å². The van der Waals surface area contributed by atoms with Crippen molar-refractivity contribution < 1.29 is 14.4 Å². The molecule has 0 saturated heterocycles. The molecule has 0 radical (unpaired) electrons. The number of anilines is 1. The Morgan fingerprint density at radius 3 is 2.32 bits per heavy atom. The van der Waals surface area contributed by atoms with Gasteiger partial charge in [-0.05, 0) is 23.6 Å². The molecule has 1 aromatic rings. The van der Waals surface area contributed by atoms with Crippen LogP contribution in [0.25, 0.3) is 0 Å². The Morgan fingerprint density at radius 1 is 1.09 bits per heavy atom. The first-order valence-corrected chi connectivity index (χ1v) is 7.21. The second kappa shape index (κ2) is 8.17. The lowest BCUT2D eigenvalue weighted by atomic mass is 10.0. The van der Waals surface area contributed by atoms with Gasteiger partial charge in [-0.3, -0.25) is 14.4 Å². The monoisotopic (exact) mass is 305 g/mol. The number of hydrogen-bond acceptors (Lipinski definition) is 3. The number of hydrogen-bond donors (Lipinski definition) is 3. The third-order valence-electron chi connectivity index (χ3n) is 3.02. The second-order valence-electron chi connectivity index (χ2n) is 5.52. The Bertz CT molecular complexity index is 555. The first-order valence-electron chi connectivity index (χ1n) is 7.21. The zero-order valence-corrected chi connectivity index (χ0v) is 13.4. The Kier molecular flexibility index (Phi) is 6.56. The van der Waals surface area contributed by atoms with E-state index in [0.717, 1.165) is 5.56 Å². The minimum Gasteiger partial charge on any atom is -0.350 e. The molecular weight excluding hydrogens is 282 g/mol. The van der Waals surface area contributed by atoms with Crippen molar-refractivity contribution in [1.29, 1.82) is 0 Å². The van der Waals surface area contributed by atoms with Gasteiger partial charge in [0.2, 0.25) is 17.7 Å². The molecule has 3 amide bonds. The Hall–Kier alpha value is -2.37. The van der Waals surface area contributed by atoms with E-state index in [1.54, 1.807) is 18.2 Å². The maximum Gasteiger partial charge on any atom is 0.243 e. The van der Waals surface area contributed by atoms with Gasteiger partial charge in [0, 0.05) is 26.1 Å². The van der Waals surface area contributed by atoms with Crippen molar-refractivity contribution in [2.45, 2.75) is 40.3 Å². The van der Waals surface area contributed by atoms with Gasteiger partial charge in [-0.1, -0.05) is 26.0 Å². The van der Waals surface area contributed by atoms with Crippen LogP contribution in [0.4, 0.5) is 5.69 Å². The summed E-state index contributed by atoms with van der Waals surface area (Å²) in [6.07, 6.45) is 0. The SMILES string of the molecule is CC(=O)Nc1cccc(CNC(=O)C(NC(C)=O)C(C)C)c1. The summed E-state index contributed by atoms with van der Waals surface area (Å²) < 4.78 is 0. The molecule has 1 aromatic carbocycles. The van der Waals surface area contributed by atoms with Crippen LogP contribution in [-0.2, 0) is 20.9 Å². The van der Waals surface area contributed by atoms with Crippen LogP contribution in [0.2, 0.25) is 0 Å². The van der Waals surface area contributed by atoms with Crippen molar-refractivity contribution in [3.63, 3.8) is 0 Å². The lowest BCUT2D eigenvalue weighted by Crippen LogP contribution is -2.48. The number of nitrogens with one attached hydrogen (secondary N) is 3. The molecule has 0 heterocycles. The van der Waals surface area contributed by atoms with Gasteiger partial charge in [0.05, 0.1) is 0 Å². The number of amides is 3. The molecule has 1 atom stereocenters. The van der Waals surface area contributed by atoms with Crippen LogP contribution in [0.3, 0.4) is 0 Å². The largest absolute Gasteiger partial charge is 0.350 e. The number of carbonyl (C=O) groups excluding carboxylic acids is 3. The van der Waals surface area contributed by atoms with Crippen molar-refractivity contribution in [3.8, 4) is 0 Å². The fraction of sp³-hybridized carbons (Fsp3) is 0.438. The molecule has 6 nitrogen and oxygen atoms in total. The number of rotatable bonds is 6. The zero-order chi connectivity index (χ0) is 16.7. The molecule has 0 saturated carbocycles. The normalized spacial score (nSPS) is 11.7. The van der Waals surface area contributed by atoms with E-state index in [9.17, 15) is 14.4 Å². The zero-order valence-electron chi connectivity index (χ0n) is 13.4. The topological polar surface area (TPSA) is 87.3 Å². The maximum atomic E-state index is 12.2. The van der Waals surface area contributed by atoms with Crippen LogP contribution >= 0.6 is 0 Å². The van der Waals surface area contributed by atoms with Crippen LogP contribution in [0, 0.1) is 5.92 Å². The van der Waals surface area contributed by atoms with Crippen LogP contribution in [0.1, 0.15) is 33.3 Å². The molecule has 0 fully saturated rings. The van der Waals surface area contributed by atoms with Gasteiger partial charge in [0.15, 0.2) is 0 Å². The van der Waals surface area contributed by atoms with Crippen LogP contribution in [0.5, 0.6) is 0 Å². The number of carbonyl (C=O) groups is 3. The van der Waals surface area contributed by atoms with Gasteiger partial charge in [-0.2, -0.15) is 0 Å². The molecule has 0 aliphatic rings. The highest BCUT2D eigenvalue weighted by Gasteiger charge is 2.22. The predicted molar refractivity (Wildman–Crippen MR) is 85.0 cm³/mol. The van der Waals surface area contributed by atoms with E-state index in [-0.39, 0.29) is 23.6 Å². The summed E-state index contributed by atoms with van der Waals surface area (Å²) in [5.41, 5.74) is 1.55. The highest BCUT2D eigenvalue weighted by atomic mass is 16.2. The Labute approximate surface area is 130 Å². The van der Waals surface area contributed by atoms with Crippen molar-refractivity contribution in [1.82, 2.24) is 10.6 Å². The summed E-state index contributed by atoms with van der Waals surface area (Å²) in [7, 11) is 0. The van der Waals surface area contributed by atoms with E-state index in [1.165, 1.54) is 13.8 Å². The Balaban J connectivity index is 2.66. The summed E-state index contributed by atoms with van der Waals surface area (Å²) in [4.78, 5) is 34.4. The molecule has 0 bridgehead atoms. The Morgan fingerprint density at radius 2 is 1.77 bits per heavy atom. The standard InChI is InChI=1S/C16H23N3O3/c1-10(2)15(19-12(4)21)16(22)17-9-13-6-5-7-14(8-13)18-11(3)20/h5-8,10,15H,9H2,1-4H3,(H,17,22)(H,18,20)(H,19,21). The first kappa shape index (κ1) is 17.7. The molecule has 120 valence electrons. The van der Waals surface area contributed by atoms with Gasteiger partial charge in [-0.15, -0.1) is 0 Å². The number of benzene rings is 1. The first-order chi connectivity index (χ1) is 10.3. The molecule has 1 rings (SSSR count). The lowest BCUT2D eigenvalue weighted by Gasteiger charge is -2.21. The molecule has 22 heavy (non-hydrogen) atoms. The van der Waals surface area contributed by atoms with Crippen LogP contribution < -0.4 is 16.0 Å². The van der Waals surface area contributed by atoms with E-state index < -0.39 is 6.04 Å². The maximum absolute atomic E-state index is 12.2. The summed E-state index contributed by atoms with van der Waals surface area (Å²) in [5, 5.41) is 8.14. The van der Waals surface area contributed by atoms with Crippen LogP contribution in [-0.4, -0.2) is 23.8 Å². The molecule has 0 aromatic heterocycles. The third-order valence-corrected chi connectivity index (χ3v) is 3.02. The molecular formula is C16H23N3O3. The molecule has 0 aliphatic heterocycles. The quantitative estimate of drug-likeness (QED) is 0.743. The highest BCUT2D eigenvalue weighted by molar-refractivity contribution is 5.89. The predicted octanol–water partition coefficient (Wildman–Crippen LogP) is 1.42. The summed E-state index contributed by atoms with van der Waals surface area (Å²) >= 11 is 0. The van der Waals surface area contributed by atoms with Gasteiger partial charge >= 0.3 is 0 Å². The molecule has 1 unspecified atom stereocenters. The third kappa shape index (κ3) is 5.95. The fourth-order valence-electron chi connectivity index (χ4n) is 2.02. The minimum atomic E-state index is -0.559. The average molecular weight is 305 g/mol. The van der Waals surface area contributed by atoms with Crippen molar-refractivity contribution >= 4 is 23.4 Å². The molecule has 6 heteroatoms. The minimum absolute atomic E-state index is 0.00499. The van der Waals surface area contributed by atoms with Crippen LogP contribution in [0.15, 0.2) is 24.3 Å². The van der Waals surface area contributed by atoms with E-state index in [4.69, 9.17) is 0 Å². The summed E-state index contributed by atoms with van der Waals surface area (Å²) in [6, 6.07) is 6.68. The van der Waals surface area contributed by atoms with E-state index in [1.807, 2.05) is 19.9 Å². The van der Waals surface area contributed by atoms with Gasteiger partial charge in [-0.25, -0.2) is 0 Å². The lowest BCUT2D eigenvalue weighted by molar-refractivity contribution is -0.129. The fourth-order valence-corrected chi connectivity index (χ4v) is 2.02. The summed E-state index contributed by atoms with van der Waals surface area (Å²) in [5.74, 6) is -0.613. The van der Waals surface area contributed by atoms with Gasteiger partial charge in [0.25, 0.3) is 0 Å². The summed E-state index contributed by atoms with van der Waals surface area (Å²) in [6.45, 7) is 6.90. The average Bonchev–Trinajstić information content (AvgIpc) is 2.41. The smallest absolute Gasteiger partial charge is 0.243 e. The molecule has 3 N–H and O–H groups in total.